The van der Waals surface area contributed by atoms with E-state index in [9.17, 15) is 18.3 Å². The Hall–Kier alpha value is -2.18. The van der Waals surface area contributed by atoms with E-state index in [1.165, 1.54) is 4.31 Å². The molecule has 3 unspecified atom stereocenters. The fourth-order valence-electron chi connectivity index (χ4n) is 4.17. The Kier molecular flexibility index (Phi) is 3.89. The van der Waals surface area contributed by atoms with E-state index in [0.29, 0.717) is 12.8 Å². The average Bonchev–Trinajstić information content (AvgIpc) is 3.22. The number of nitrogens with zero attached hydrogens (tertiary/aromatic N) is 1. The Bertz CT molecular complexity index is 910. The van der Waals surface area contributed by atoms with Crippen LogP contribution in [0.25, 0.3) is 11.1 Å². The highest BCUT2D eigenvalue weighted by atomic mass is 32.2. The Balaban J connectivity index is 1.71. The minimum Gasteiger partial charge on any atom is -0.481 e. The molecule has 0 spiro atoms. The van der Waals surface area contributed by atoms with E-state index in [2.05, 4.69) is 0 Å². The van der Waals surface area contributed by atoms with Crippen LogP contribution in [0.4, 0.5) is 0 Å². The fraction of sp³-hybridized carbons (Fsp3) is 0.316. The minimum atomic E-state index is -3.70. The fourth-order valence-corrected chi connectivity index (χ4v) is 6.13. The van der Waals surface area contributed by atoms with Gasteiger partial charge >= 0.3 is 5.97 Å². The van der Waals surface area contributed by atoms with E-state index in [-0.39, 0.29) is 10.9 Å². The van der Waals surface area contributed by atoms with E-state index >= 15 is 0 Å². The summed E-state index contributed by atoms with van der Waals surface area (Å²) in [5.74, 6) is -1.49. The van der Waals surface area contributed by atoms with E-state index in [0.717, 1.165) is 17.5 Å². The van der Waals surface area contributed by atoms with Crippen molar-refractivity contribution in [1.82, 2.24) is 4.31 Å². The lowest BCUT2D eigenvalue weighted by Crippen LogP contribution is -2.37. The molecule has 0 aliphatic carbocycles. The molecule has 0 aromatic heterocycles. The molecule has 2 aromatic rings. The van der Waals surface area contributed by atoms with Crippen molar-refractivity contribution in [3.8, 4) is 11.1 Å². The van der Waals surface area contributed by atoms with Crippen LogP contribution in [0.5, 0.6) is 0 Å². The molecule has 0 amide bonds. The van der Waals surface area contributed by atoms with Crippen LogP contribution in [0.3, 0.4) is 0 Å². The van der Waals surface area contributed by atoms with Gasteiger partial charge in [-0.2, -0.15) is 4.31 Å². The van der Waals surface area contributed by atoms with Crippen molar-refractivity contribution >= 4 is 16.0 Å². The lowest BCUT2D eigenvalue weighted by molar-refractivity contribution is -0.142. The summed E-state index contributed by atoms with van der Waals surface area (Å²) in [6.07, 6.45) is 1.78. The predicted octanol–water partition coefficient (Wildman–Crippen LogP) is 2.98. The quantitative estimate of drug-likeness (QED) is 0.913. The lowest BCUT2D eigenvalue weighted by atomic mass is 9.89. The van der Waals surface area contributed by atoms with Crippen molar-refractivity contribution in [2.45, 2.75) is 36.2 Å². The smallest absolute Gasteiger partial charge is 0.308 e. The van der Waals surface area contributed by atoms with E-state index in [1.54, 1.807) is 18.2 Å². The topological polar surface area (TPSA) is 74.7 Å². The number of aliphatic carboxylic acids is 1. The molecule has 25 heavy (non-hydrogen) atoms. The molecule has 5 nitrogen and oxygen atoms in total. The third-order valence-corrected chi connectivity index (χ3v) is 7.28. The predicted molar refractivity (Wildman–Crippen MR) is 93.5 cm³/mol. The molecule has 6 heteroatoms. The average molecular weight is 357 g/mol. The molecule has 4 rings (SSSR count). The standard InChI is InChI=1S/C19H19NO4S/c21-19(22)17-12-15-9-10-18(17)20(15)25(23,24)16-8-4-7-14(11-16)13-5-2-1-3-6-13/h1-8,11,15,17-18H,9-10,12H2,(H,21,22). The van der Waals surface area contributed by atoms with Gasteiger partial charge in [-0.3, -0.25) is 4.79 Å². The second kappa shape index (κ2) is 5.97. The number of hydrogen-bond acceptors (Lipinski definition) is 3. The summed E-state index contributed by atoms with van der Waals surface area (Å²) in [6, 6.07) is 15.9. The molecule has 2 saturated heterocycles. The van der Waals surface area contributed by atoms with Crippen molar-refractivity contribution < 1.29 is 18.3 Å². The highest BCUT2D eigenvalue weighted by Crippen LogP contribution is 2.45. The van der Waals surface area contributed by atoms with Gasteiger partial charge in [0.1, 0.15) is 0 Å². The van der Waals surface area contributed by atoms with Crippen LogP contribution in [0.1, 0.15) is 19.3 Å². The molecule has 0 saturated carbocycles. The van der Waals surface area contributed by atoms with Crippen molar-refractivity contribution in [2.75, 3.05) is 0 Å². The molecule has 2 aromatic carbocycles. The Morgan fingerprint density at radius 1 is 1.00 bits per heavy atom. The number of rotatable bonds is 4. The van der Waals surface area contributed by atoms with Gasteiger partial charge in [0.2, 0.25) is 10.0 Å². The summed E-state index contributed by atoms with van der Waals surface area (Å²) in [6.45, 7) is 0. The minimum absolute atomic E-state index is 0.198. The first-order chi connectivity index (χ1) is 12.0. The molecule has 2 fully saturated rings. The molecule has 130 valence electrons. The van der Waals surface area contributed by atoms with Gasteiger partial charge in [-0.1, -0.05) is 42.5 Å². The van der Waals surface area contributed by atoms with Crippen LogP contribution in [0.15, 0.2) is 59.5 Å². The van der Waals surface area contributed by atoms with Crippen molar-refractivity contribution in [3.05, 3.63) is 54.6 Å². The number of carbonyl (C=O) groups is 1. The largest absolute Gasteiger partial charge is 0.481 e. The first kappa shape index (κ1) is 16.3. The van der Waals surface area contributed by atoms with Crippen LogP contribution in [0.2, 0.25) is 0 Å². The maximum absolute atomic E-state index is 13.2. The van der Waals surface area contributed by atoms with E-state index in [4.69, 9.17) is 0 Å². The van der Waals surface area contributed by atoms with Crippen LogP contribution in [0, 0.1) is 5.92 Å². The summed E-state index contributed by atoms with van der Waals surface area (Å²) in [7, 11) is -3.70. The molecule has 3 atom stereocenters. The summed E-state index contributed by atoms with van der Waals surface area (Å²) < 4.78 is 27.8. The van der Waals surface area contributed by atoms with E-state index < -0.39 is 28.0 Å². The summed E-state index contributed by atoms with van der Waals surface area (Å²) in [5.41, 5.74) is 1.79. The van der Waals surface area contributed by atoms with Crippen LogP contribution < -0.4 is 0 Å². The molecular weight excluding hydrogens is 338 g/mol. The third kappa shape index (κ3) is 2.65. The second-order valence-corrected chi connectivity index (χ2v) is 8.55. The SMILES string of the molecule is O=C(O)C1CC2CCC1N2S(=O)(=O)c1cccc(-c2ccccc2)c1. The summed E-state index contributed by atoms with van der Waals surface area (Å²) in [4.78, 5) is 11.7. The second-order valence-electron chi connectivity index (χ2n) is 6.71. The van der Waals surface area contributed by atoms with Crippen LogP contribution in [-0.4, -0.2) is 35.9 Å². The van der Waals surface area contributed by atoms with Gasteiger partial charge in [-0.25, -0.2) is 8.42 Å². The summed E-state index contributed by atoms with van der Waals surface area (Å²) >= 11 is 0. The van der Waals surface area contributed by atoms with Gasteiger partial charge in [0.25, 0.3) is 0 Å². The van der Waals surface area contributed by atoms with Gasteiger partial charge in [0, 0.05) is 12.1 Å². The van der Waals surface area contributed by atoms with Crippen molar-refractivity contribution in [2.24, 2.45) is 5.92 Å². The highest BCUT2D eigenvalue weighted by molar-refractivity contribution is 7.89. The Labute approximate surface area is 147 Å². The lowest BCUT2D eigenvalue weighted by Gasteiger charge is -2.22. The summed E-state index contributed by atoms with van der Waals surface area (Å²) in [5, 5.41) is 9.36. The number of carboxylic acids is 1. The van der Waals surface area contributed by atoms with E-state index in [1.807, 2.05) is 36.4 Å². The Morgan fingerprint density at radius 2 is 1.72 bits per heavy atom. The maximum atomic E-state index is 13.2. The van der Waals surface area contributed by atoms with Crippen molar-refractivity contribution in [3.63, 3.8) is 0 Å². The molecule has 0 radical (unpaired) electrons. The number of benzene rings is 2. The zero-order chi connectivity index (χ0) is 17.6. The first-order valence-electron chi connectivity index (χ1n) is 8.40. The van der Waals surface area contributed by atoms with Crippen LogP contribution in [-0.2, 0) is 14.8 Å². The van der Waals surface area contributed by atoms with Gasteiger partial charge in [0.15, 0.2) is 0 Å². The number of carboxylic acid groups (broad SMARTS) is 1. The van der Waals surface area contributed by atoms with Gasteiger partial charge in [-0.05, 0) is 42.5 Å². The van der Waals surface area contributed by atoms with Crippen molar-refractivity contribution in [1.29, 1.82) is 0 Å². The first-order valence-corrected chi connectivity index (χ1v) is 9.84. The van der Waals surface area contributed by atoms with Gasteiger partial charge in [0.05, 0.1) is 10.8 Å². The molecule has 2 aliphatic rings. The molecule has 2 aliphatic heterocycles. The maximum Gasteiger partial charge on any atom is 0.308 e. The Morgan fingerprint density at radius 3 is 2.40 bits per heavy atom. The third-order valence-electron chi connectivity index (χ3n) is 5.31. The molecule has 2 bridgehead atoms. The molecule has 1 N–H and O–H groups in total. The normalized spacial score (nSPS) is 26.0. The zero-order valence-electron chi connectivity index (χ0n) is 13.6. The number of fused-ring (bicyclic) bond motifs is 2. The van der Waals surface area contributed by atoms with Gasteiger partial charge < -0.3 is 5.11 Å². The monoisotopic (exact) mass is 357 g/mol. The molecule has 2 heterocycles. The zero-order valence-corrected chi connectivity index (χ0v) is 14.4. The number of sulfonamides is 1. The van der Waals surface area contributed by atoms with Gasteiger partial charge in [-0.15, -0.1) is 0 Å². The highest BCUT2D eigenvalue weighted by Gasteiger charge is 2.54. The van der Waals surface area contributed by atoms with Crippen LogP contribution >= 0.6 is 0 Å². The molecular formula is C19H19NO4S. The number of hydrogen-bond donors (Lipinski definition) is 1.